The lowest BCUT2D eigenvalue weighted by atomic mass is 10.1. The summed E-state index contributed by atoms with van der Waals surface area (Å²) in [6.07, 6.45) is 6.41. The zero-order valence-corrected chi connectivity index (χ0v) is 17.4. The molecule has 1 aliphatic heterocycles. The van der Waals surface area contributed by atoms with Gasteiger partial charge in [-0.15, -0.1) is 0 Å². The lowest BCUT2D eigenvalue weighted by Crippen LogP contribution is -2.40. The van der Waals surface area contributed by atoms with Crippen LogP contribution < -0.4 is 10.1 Å². The molecule has 1 aromatic carbocycles. The van der Waals surface area contributed by atoms with Gasteiger partial charge in [0, 0.05) is 45.3 Å². The van der Waals surface area contributed by atoms with Gasteiger partial charge >= 0.3 is 0 Å². The summed E-state index contributed by atoms with van der Waals surface area (Å²) < 4.78 is 17.0. The van der Waals surface area contributed by atoms with E-state index in [1.807, 2.05) is 7.05 Å². The highest BCUT2D eigenvalue weighted by Crippen LogP contribution is 2.26. The third-order valence-electron chi connectivity index (χ3n) is 5.59. The van der Waals surface area contributed by atoms with Gasteiger partial charge in [0.2, 0.25) is 0 Å². The minimum atomic E-state index is 0.373. The van der Waals surface area contributed by atoms with Crippen molar-refractivity contribution in [2.75, 3.05) is 47.1 Å². The van der Waals surface area contributed by atoms with Crippen molar-refractivity contribution in [1.82, 2.24) is 10.2 Å². The minimum absolute atomic E-state index is 0.373. The van der Waals surface area contributed by atoms with E-state index < -0.39 is 0 Å². The second-order valence-electron chi connectivity index (χ2n) is 7.70. The largest absolute Gasteiger partial charge is 0.490 e. The first-order chi connectivity index (χ1) is 13.8. The molecule has 2 fully saturated rings. The van der Waals surface area contributed by atoms with Crippen LogP contribution in [0.1, 0.15) is 37.7 Å². The number of nitrogens with one attached hydrogen (secondary N) is 1. The van der Waals surface area contributed by atoms with Crippen LogP contribution in [0.3, 0.4) is 0 Å². The molecule has 28 heavy (non-hydrogen) atoms. The molecule has 1 aromatic rings. The highest BCUT2D eigenvalue weighted by Gasteiger charge is 2.25. The molecule has 0 aromatic heterocycles. The highest BCUT2D eigenvalue weighted by atomic mass is 16.5. The van der Waals surface area contributed by atoms with E-state index in [0.717, 1.165) is 44.4 Å². The first kappa shape index (κ1) is 20.9. The second kappa shape index (κ2) is 11.3. The summed E-state index contributed by atoms with van der Waals surface area (Å²) >= 11 is 0. The highest BCUT2D eigenvalue weighted by molar-refractivity contribution is 5.80. The average Bonchev–Trinajstić information content (AvgIpc) is 3.39. The van der Waals surface area contributed by atoms with Gasteiger partial charge in [0.1, 0.15) is 5.75 Å². The van der Waals surface area contributed by atoms with Gasteiger partial charge in [-0.25, -0.2) is 0 Å². The lowest BCUT2D eigenvalue weighted by molar-refractivity contribution is 0.0536. The molecule has 1 aliphatic carbocycles. The Labute approximate surface area is 169 Å². The van der Waals surface area contributed by atoms with Gasteiger partial charge in [0.15, 0.2) is 5.96 Å². The summed E-state index contributed by atoms with van der Waals surface area (Å²) in [5.74, 6) is 2.51. The first-order valence-corrected chi connectivity index (χ1v) is 10.6. The monoisotopic (exact) mass is 389 g/mol. The number of guanidine groups is 1. The molecule has 2 aliphatic rings. The molecule has 1 N–H and O–H groups in total. The van der Waals surface area contributed by atoms with Crippen LogP contribution in [0.4, 0.5) is 0 Å². The quantitative estimate of drug-likeness (QED) is 0.400. The van der Waals surface area contributed by atoms with Crippen LogP contribution in [0.25, 0.3) is 0 Å². The molecule has 0 spiro atoms. The molecule has 1 heterocycles. The van der Waals surface area contributed by atoms with E-state index in [-0.39, 0.29) is 0 Å². The van der Waals surface area contributed by atoms with Crippen LogP contribution in [0.5, 0.6) is 5.75 Å². The number of para-hydroxylation sites is 1. The number of ether oxygens (including phenoxy) is 3. The van der Waals surface area contributed by atoms with E-state index >= 15 is 0 Å². The van der Waals surface area contributed by atoms with Crippen LogP contribution in [0.2, 0.25) is 0 Å². The predicted molar refractivity (Wildman–Crippen MR) is 112 cm³/mol. The van der Waals surface area contributed by atoms with E-state index in [4.69, 9.17) is 14.2 Å². The Kier molecular flexibility index (Phi) is 8.42. The van der Waals surface area contributed by atoms with Crippen molar-refractivity contribution < 1.29 is 14.2 Å². The van der Waals surface area contributed by atoms with E-state index in [0.29, 0.717) is 25.2 Å². The number of nitrogens with zero attached hydrogens (tertiary/aromatic N) is 2. The molecule has 1 saturated carbocycles. The fraction of sp³-hybridized carbons (Fsp3) is 0.682. The Bertz CT molecular complexity index is 617. The van der Waals surface area contributed by atoms with Crippen LogP contribution in [-0.2, 0) is 16.0 Å². The predicted octanol–water partition coefficient (Wildman–Crippen LogP) is 3.07. The number of likely N-dealkylation sites (tertiary alicyclic amines) is 1. The van der Waals surface area contributed by atoms with E-state index in [1.165, 1.54) is 31.2 Å². The van der Waals surface area contributed by atoms with E-state index in [2.05, 4.69) is 39.5 Å². The van der Waals surface area contributed by atoms with Crippen LogP contribution in [0.15, 0.2) is 29.3 Å². The Balaban J connectivity index is 1.48. The maximum Gasteiger partial charge on any atom is 0.193 e. The third kappa shape index (κ3) is 6.11. The van der Waals surface area contributed by atoms with Crippen molar-refractivity contribution in [3.8, 4) is 5.75 Å². The standard InChI is InChI=1S/C22H35N3O3/c1-23-22(25-12-11-18(16-25)17-27-14-13-26-2)24-15-19-7-3-6-10-21(19)28-20-8-4-5-9-20/h3,6-7,10,18,20H,4-5,8-9,11-17H2,1-2H3,(H,23,24). The van der Waals surface area contributed by atoms with Crippen molar-refractivity contribution >= 4 is 5.96 Å². The Morgan fingerprint density at radius 2 is 2.00 bits per heavy atom. The zero-order valence-electron chi connectivity index (χ0n) is 17.4. The Hall–Kier alpha value is -1.79. The van der Waals surface area contributed by atoms with Gasteiger partial charge in [0.25, 0.3) is 0 Å². The zero-order chi connectivity index (χ0) is 19.6. The van der Waals surface area contributed by atoms with Gasteiger partial charge in [-0.2, -0.15) is 0 Å². The van der Waals surface area contributed by atoms with Crippen molar-refractivity contribution in [3.05, 3.63) is 29.8 Å². The second-order valence-corrected chi connectivity index (χ2v) is 7.70. The van der Waals surface area contributed by atoms with Gasteiger partial charge in [0.05, 0.1) is 25.9 Å². The van der Waals surface area contributed by atoms with Gasteiger partial charge in [-0.05, 0) is 38.2 Å². The SMILES string of the molecule is CN=C(NCc1ccccc1OC1CCCC1)N1CCC(COCCOC)C1. The molecular weight excluding hydrogens is 354 g/mol. The Morgan fingerprint density at radius 1 is 1.18 bits per heavy atom. The summed E-state index contributed by atoms with van der Waals surface area (Å²) in [6.45, 7) is 4.82. The van der Waals surface area contributed by atoms with Crippen LogP contribution in [-0.4, -0.2) is 64.0 Å². The van der Waals surface area contributed by atoms with Crippen LogP contribution in [0, 0.1) is 5.92 Å². The van der Waals surface area contributed by atoms with Crippen molar-refractivity contribution in [2.45, 2.75) is 44.8 Å². The summed E-state index contributed by atoms with van der Waals surface area (Å²) in [7, 11) is 3.55. The van der Waals surface area contributed by atoms with E-state index in [9.17, 15) is 0 Å². The normalized spacial score (nSPS) is 20.7. The average molecular weight is 390 g/mol. The van der Waals surface area contributed by atoms with Gasteiger partial charge in [-0.3, -0.25) is 4.99 Å². The molecule has 0 bridgehead atoms. The summed E-state index contributed by atoms with van der Waals surface area (Å²) in [4.78, 5) is 6.82. The molecule has 1 atom stereocenters. The molecule has 0 amide bonds. The maximum absolute atomic E-state index is 6.26. The van der Waals surface area contributed by atoms with Gasteiger partial charge < -0.3 is 24.4 Å². The first-order valence-electron chi connectivity index (χ1n) is 10.6. The van der Waals surface area contributed by atoms with Crippen LogP contribution >= 0.6 is 0 Å². The van der Waals surface area contributed by atoms with Gasteiger partial charge in [-0.1, -0.05) is 18.2 Å². The number of rotatable bonds is 9. The van der Waals surface area contributed by atoms with Crippen molar-refractivity contribution in [1.29, 1.82) is 0 Å². The number of aliphatic imine (C=N–C) groups is 1. The number of hydrogen-bond acceptors (Lipinski definition) is 4. The molecule has 0 radical (unpaired) electrons. The maximum atomic E-state index is 6.26. The molecule has 156 valence electrons. The molecule has 1 saturated heterocycles. The minimum Gasteiger partial charge on any atom is -0.490 e. The molecule has 6 heteroatoms. The molecule has 3 rings (SSSR count). The summed E-state index contributed by atoms with van der Waals surface area (Å²) in [5.41, 5.74) is 1.19. The fourth-order valence-electron chi connectivity index (χ4n) is 4.01. The lowest BCUT2D eigenvalue weighted by Gasteiger charge is -2.23. The topological polar surface area (TPSA) is 55.3 Å². The van der Waals surface area contributed by atoms with E-state index in [1.54, 1.807) is 7.11 Å². The number of methoxy groups -OCH3 is 1. The fourth-order valence-corrected chi connectivity index (χ4v) is 4.01. The summed E-state index contributed by atoms with van der Waals surface area (Å²) in [6, 6.07) is 8.35. The van der Waals surface area contributed by atoms with Crippen molar-refractivity contribution in [3.63, 3.8) is 0 Å². The smallest absolute Gasteiger partial charge is 0.193 e. The third-order valence-corrected chi connectivity index (χ3v) is 5.59. The van der Waals surface area contributed by atoms with Crippen molar-refractivity contribution in [2.24, 2.45) is 10.9 Å². The Morgan fingerprint density at radius 3 is 2.79 bits per heavy atom. The number of hydrogen-bond donors (Lipinski definition) is 1. The molecular formula is C22H35N3O3. The number of benzene rings is 1. The molecule has 1 unspecified atom stereocenters. The molecule has 6 nitrogen and oxygen atoms in total. The summed E-state index contributed by atoms with van der Waals surface area (Å²) in [5, 5.41) is 3.53.